The van der Waals surface area contributed by atoms with Crippen LogP contribution in [0.1, 0.15) is 74.6 Å². The quantitative estimate of drug-likeness (QED) is 0.365. The van der Waals surface area contributed by atoms with Gasteiger partial charge in [-0.25, -0.2) is 0 Å². The van der Waals surface area contributed by atoms with E-state index in [4.69, 9.17) is 27.2 Å². The van der Waals surface area contributed by atoms with Crippen LogP contribution in [-0.2, 0) is 4.79 Å². The van der Waals surface area contributed by atoms with Gasteiger partial charge in [-0.1, -0.05) is 30.9 Å². The van der Waals surface area contributed by atoms with E-state index in [1.165, 1.54) is 26.4 Å². The molecule has 1 aromatic rings. The van der Waals surface area contributed by atoms with Gasteiger partial charge < -0.3 is 20.9 Å². The number of hydrogen-bond acceptors (Lipinski definition) is 5. The Hall–Kier alpha value is -1.99. The van der Waals surface area contributed by atoms with Crippen LogP contribution >= 0.6 is 11.6 Å². The molecule has 8 heteroatoms. The fraction of sp³-hybridized carbons (Fsp3) is 0.652. The lowest BCUT2D eigenvalue weighted by Gasteiger charge is -2.49. The number of benzene rings is 1. The summed E-state index contributed by atoms with van der Waals surface area (Å²) in [5.41, 5.74) is 6.63. The number of anilines is 1. The molecule has 0 spiro atoms. The highest BCUT2D eigenvalue weighted by Crippen LogP contribution is 2.35. The third kappa shape index (κ3) is 6.26. The number of nitrogen functional groups attached to an aromatic ring is 1. The number of aliphatic carboxylic acids is 1. The third-order valence-electron chi connectivity index (χ3n) is 6.58. The first-order valence-corrected chi connectivity index (χ1v) is 11.7. The monoisotopic (exact) mass is 451 g/mol. The number of nitrogens with two attached hydrogens (primary N) is 1. The smallest absolute Gasteiger partial charge is 0.303 e. The van der Waals surface area contributed by atoms with Gasteiger partial charge in [-0.2, -0.15) is 0 Å². The van der Waals surface area contributed by atoms with Gasteiger partial charge in [-0.05, 0) is 51.1 Å². The number of unbranched alkanes of at least 4 members (excludes halogenated alkanes) is 3. The Labute approximate surface area is 189 Å². The van der Waals surface area contributed by atoms with Crippen LogP contribution in [0, 0.1) is 0 Å². The Kier molecular flexibility index (Phi) is 8.43. The molecule has 2 bridgehead atoms. The number of carbonyl (C=O) groups excluding carboxylic acids is 1. The van der Waals surface area contributed by atoms with Gasteiger partial charge in [0, 0.05) is 30.6 Å². The number of nitrogens with one attached hydrogen (secondary N) is 1. The molecule has 2 saturated heterocycles. The zero-order chi connectivity index (χ0) is 22.4. The molecule has 0 saturated carbocycles. The van der Waals surface area contributed by atoms with E-state index in [1.807, 2.05) is 0 Å². The van der Waals surface area contributed by atoms with E-state index in [2.05, 4.69) is 10.2 Å². The number of carboxylic acid groups (broad SMARTS) is 1. The molecule has 2 aliphatic heterocycles. The fourth-order valence-electron chi connectivity index (χ4n) is 5.06. The summed E-state index contributed by atoms with van der Waals surface area (Å²) in [7, 11) is 1.52. The summed E-state index contributed by atoms with van der Waals surface area (Å²) < 4.78 is 5.33. The molecule has 2 fully saturated rings. The summed E-state index contributed by atoms with van der Waals surface area (Å²) in [5, 5.41) is 12.3. The highest BCUT2D eigenvalue weighted by Gasteiger charge is 2.38. The maximum atomic E-state index is 12.9. The number of halogens is 1. The number of carbonyl (C=O) groups is 2. The number of amides is 1. The molecule has 0 aliphatic carbocycles. The van der Waals surface area contributed by atoms with Crippen molar-refractivity contribution < 1.29 is 19.4 Å². The van der Waals surface area contributed by atoms with Crippen molar-refractivity contribution in [3.05, 3.63) is 22.7 Å². The van der Waals surface area contributed by atoms with E-state index in [-0.39, 0.29) is 18.4 Å². The number of fused-ring (bicyclic) bond motifs is 2. The molecular weight excluding hydrogens is 418 g/mol. The lowest BCUT2D eigenvalue weighted by Crippen LogP contribution is -2.57. The number of rotatable bonds is 10. The van der Waals surface area contributed by atoms with Crippen molar-refractivity contribution >= 4 is 29.2 Å². The maximum Gasteiger partial charge on any atom is 0.303 e. The van der Waals surface area contributed by atoms with Crippen LogP contribution in [0.5, 0.6) is 5.75 Å². The van der Waals surface area contributed by atoms with Crippen LogP contribution in [0.3, 0.4) is 0 Å². The molecule has 172 valence electrons. The lowest BCUT2D eigenvalue weighted by atomic mass is 9.81. The summed E-state index contributed by atoms with van der Waals surface area (Å²) in [6, 6.07) is 4.29. The Bertz CT molecular complexity index is 774. The highest BCUT2D eigenvalue weighted by molar-refractivity contribution is 6.33. The van der Waals surface area contributed by atoms with Gasteiger partial charge in [0.25, 0.3) is 5.91 Å². The van der Waals surface area contributed by atoms with Crippen molar-refractivity contribution in [1.29, 1.82) is 0 Å². The van der Waals surface area contributed by atoms with Gasteiger partial charge in [-0.3, -0.25) is 14.5 Å². The SMILES string of the molecule is COc1cc(N)c(Cl)cc1C(=O)NC1CC2CCCC(C1)N2CCCCCCC(=O)O. The molecule has 0 aromatic heterocycles. The van der Waals surface area contributed by atoms with E-state index in [9.17, 15) is 9.59 Å². The molecule has 31 heavy (non-hydrogen) atoms. The van der Waals surface area contributed by atoms with Crippen LogP contribution in [0.25, 0.3) is 0 Å². The molecule has 4 N–H and O–H groups in total. The molecule has 7 nitrogen and oxygen atoms in total. The first-order valence-electron chi connectivity index (χ1n) is 11.3. The Morgan fingerprint density at radius 3 is 2.52 bits per heavy atom. The number of ether oxygens (including phenoxy) is 1. The number of methoxy groups -OCH3 is 1. The lowest BCUT2D eigenvalue weighted by molar-refractivity contribution is -0.137. The van der Waals surface area contributed by atoms with Crippen LogP contribution in [0.4, 0.5) is 5.69 Å². The van der Waals surface area contributed by atoms with Crippen molar-refractivity contribution in [2.75, 3.05) is 19.4 Å². The number of hydrogen-bond donors (Lipinski definition) is 3. The van der Waals surface area contributed by atoms with Crippen molar-refractivity contribution in [2.45, 2.75) is 82.3 Å². The second kappa shape index (κ2) is 11.0. The summed E-state index contributed by atoms with van der Waals surface area (Å²) in [6.45, 7) is 1.06. The number of carboxylic acids is 1. The summed E-state index contributed by atoms with van der Waals surface area (Å²) in [6.07, 6.45) is 9.64. The zero-order valence-electron chi connectivity index (χ0n) is 18.2. The summed E-state index contributed by atoms with van der Waals surface area (Å²) in [4.78, 5) is 26.2. The van der Waals surface area contributed by atoms with E-state index in [1.54, 1.807) is 12.1 Å². The van der Waals surface area contributed by atoms with Gasteiger partial charge in [-0.15, -0.1) is 0 Å². The molecular formula is C23H34ClN3O4. The summed E-state index contributed by atoms with van der Waals surface area (Å²) in [5.74, 6) is -0.453. The summed E-state index contributed by atoms with van der Waals surface area (Å²) >= 11 is 6.13. The molecule has 1 amide bonds. The second-order valence-electron chi connectivity index (χ2n) is 8.75. The van der Waals surface area contributed by atoms with Gasteiger partial charge in [0.2, 0.25) is 0 Å². The predicted octanol–water partition coefficient (Wildman–Crippen LogP) is 4.08. The van der Waals surface area contributed by atoms with E-state index in [0.29, 0.717) is 34.1 Å². The third-order valence-corrected chi connectivity index (χ3v) is 6.91. The van der Waals surface area contributed by atoms with Gasteiger partial charge in [0.05, 0.1) is 23.4 Å². The molecule has 1 aromatic carbocycles. The zero-order valence-corrected chi connectivity index (χ0v) is 19.0. The van der Waals surface area contributed by atoms with Crippen LogP contribution < -0.4 is 15.8 Å². The highest BCUT2D eigenvalue weighted by atomic mass is 35.5. The predicted molar refractivity (Wildman–Crippen MR) is 122 cm³/mol. The van der Waals surface area contributed by atoms with Crippen molar-refractivity contribution in [2.24, 2.45) is 0 Å². The van der Waals surface area contributed by atoms with E-state index >= 15 is 0 Å². The van der Waals surface area contributed by atoms with Gasteiger partial charge >= 0.3 is 5.97 Å². The fourth-order valence-corrected chi connectivity index (χ4v) is 5.23. The molecule has 3 rings (SSSR count). The first-order chi connectivity index (χ1) is 14.9. The minimum Gasteiger partial charge on any atom is -0.496 e. The van der Waals surface area contributed by atoms with E-state index in [0.717, 1.165) is 45.1 Å². The van der Waals surface area contributed by atoms with Crippen LogP contribution in [0.15, 0.2) is 12.1 Å². The van der Waals surface area contributed by atoms with Crippen molar-refractivity contribution in [3.63, 3.8) is 0 Å². The second-order valence-corrected chi connectivity index (χ2v) is 9.16. The Balaban J connectivity index is 1.53. The molecule has 2 atom stereocenters. The van der Waals surface area contributed by atoms with Gasteiger partial charge in [0.1, 0.15) is 5.75 Å². The Morgan fingerprint density at radius 2 is 1.87 bits per heavy atom. The Morgan fingerprint density at radius 1 is 1.19 bits per heavy atom. The standard InChI is InChI=1S/C23H34ClN3O4/c1-31-21-14-20(25)19(24)13-18(21)23(30)26-15-11-16-7-6-8-17(12-15)27(16)10-5-3-2-4-9-22(28)29/h13-17H,2-12,25H2,1H3,(H,26,30)(H,28,29). The van der Waals surface area contributed by atoms with Crippen LogP contribution in [0.2, 0.25) is 5.02 Å². The molecule has 2 aliphatic rings. The van der Waals surface area contributed by atoms with Gasteiger partial charge in [0.15, 0.2) is 0 Å². The topological polar surface area (TPSA) is 105 Å². The molecule has 0 radical (unpaired) electrons. The normalized spacial score (nSPS) is 23.4. The number of nitrogens with zero attached hydrogens (tertiary/aromatic N) is 1. The maximum absolute atomic E-state index is 12.9. The minimum atomic E-state index is -0.711. The van der Waals surface area contributed by atoms with E-state index < -0.39 is 5.97 Å². The number of piperidine rings is 2. The first kappa shape index (κ1) is 23.7. The molecule has 2 heterocycles. The molecule has 2 unspecified atom stereocenters. The van der Waals surface area contributed by atoms with Crippen molar-refractivity contribution in [1.82, 2.24) is 10.2 Å². The average Bonchev–Trinajstić information content (AvgIpc) is 2.72. The van der Waals surface area contributed by atoms with Crippen molar-refractivity contribution in [3.8, 4) is 5.75 Å². The average molecular weight is 452 g/mol. The largest absolute Gasteiger partial charge is 0.496 e. The minimum absolute atomic E-state index is 0.135. The van der Waals surface area contributed by atoms with Crippen LogP contribution in [-0.4, -0.2) is 53.7 Å².